The molecule has 1 aliphatic rings. The van der Waals surface area contributed by atoms with Gasteiger partial charge in [0.05, 0.1) is 18.7 Å². The summed E-state index contributed by atoms with van der Waals surface area (Å²) in [5, 5.41) is 0. The molecule has 2 rings (SSSR count). The molecule has 0 aliphatic carbocycles. The summed E-state index contributed by atoms with van der Waals surface area (Å²) in [7, 11) is 0. The van der Waals surface area contributed by atoms with Gasteiger partial charge in [-0.1, -0.05) is 19.1 Å². The third-order valence-electron chi connectivity index (χ3n) is 3.18. The zero-order valence-corrected chi connectivity index (χ0v) is 12.0. The number of nitrogens with zero attached hydrogens (tertiary/aromatic N) is 2. The molecule has 1 heterocycles. The van der Waals surface area contributed by atoms with Gasteiger partial charge in [-0.05, 0) is 38.0 Å². The fraction of sp³-hybridized carbons (Fsp3) is 0.533. The first kappa shape index (κ1) is 13.7. The number of nitrogens with two attached hydrogens (primary N) is 1. The number of hydrogen-bond acceptors (Lipinski definition) is 4. The highest BCUT2D eigenvalue weighted by Crippen LogP contribution is 2.28. The highest BCUT2D eigenvalue weighted by molar-refractivity contribution is 5.80. The van der Waals surface area contributed by atoms with E-state index in [0.29, 0.717) is 5.96 Å². The van der Waals surface area contributed by atoms with Crippen molar-refractivity contribution in [2.45, 2.75) is 39.3 Å². The standard InChI is InChI=1S/C15H23N3O/c1-4-8-18-14(10-17-15(18)16)12-6-5-7-13(9-12)19-11(2)3/h5-7,9,11,14H,4,8,10H2,1-3H3,(H2,16,17). The largest absolute Gasteiger partial charge is 0.491 e. The molecule has 0 spiro atoms. The molecule has 0 bridgehead atoms. The van der Waals surface area contributed by atoms with Crippen LogP contribution in [0.2, 0.25) is 0 Å². The van der Waals surface area contributed by atoms with E-state index in [0.717, 1.165) is 25.3 Å². The topological polar surface area (TPSA) is 50.8 Å². The van der Waals surface area contributed by atoms with Gasteiger partial charge in [0.25, 0.3) is 0 Å². The van der Waals surface area contributed by atoms with Gasteiger partial charge in [-0.15, -0.1) is 0 Å². The van der Waals surface area contributed by atoms with Crippen molar-refractivity contribution >= 4 is 5.96 Å². The Labute approximate surface area is 115 Å². The molecule has 0 amide bonds. The maximum atomic E-state index is 5.96. The van der Waals surface area contributed by atoms with Crippen LogP contribution < -0.4 is 10.5 Å². The fourth-order valence-electron chi connectivity index (χ4n) is 2.39. The van der Waals surface area contributed by atoms with Crippen molar-refractivity contribution in [2.24, 2.45) is 10.7 Å². The summed E-state index contributed by atoms with van der Waals surface area (Å²) >= 11 is 0. The van der Waals surface area contributed by atoms with Crippen LogP contribution in [0.4, 0.5) is 0 Å². The Kier molecular flexibility index (Phi) is 4.30. The summed E-state index contributed by atoms with van der Waals surface area (Å²) in [5.41, 5.74) is 7.17. The minimum Gasteiger partial charge on any atom is -0.491 e. The average molecular weight is 261 g/mol. The van der Waals surface area contributed by atoms with E-state index in [1.54, 1.807) is 0 Å². The highest BCUT2D eigenvalue weighted by atomic mass is 16.5. The van der Waals surface area contributed by atoms with Crippen molar-refractivity contribution in [3.8, 4) is 5.75 Å². The van der Waals surface area contributed by atoms with Crippen molar-refractivity contribution in [2.75, 3.05) is 13.1 Å². The van der Waals surface area contributed by atoms with Crippen molar-refractivity contribution in [1.29, 1.82) is 0 Å². The van der Waals surface area contributed by atoms with Gasteiger partial charge < -0.3 is 15.4 Å². The number of hydrogen-bond donors (Lipinski definition) is 1. The van der Waals surface area contributed by atoms with Crippen LogP contribution >= 0.6 is 0 Å². The van der Waals surface area contributed by atoms with E-state index in [1.165, 1.54) is 5.56 Å². The molecule has 104 valence electrons. The Morgan fingerprint density at radius 3 is 2.95 bits per heavy atom. The molecule has 1 aromatic carbocycles. The number of rotatable bonds is 5. The van der Waals surface area contributed by atoms with E-state index >= 15 is 0 Å². The fourth-order valence-corrected chi connectivity index (χ4v) is 2.39. The molecule has 4 nitrogen and oxygen atoms in total. The first-order valence-corrected chi connectivity index (χ1v) is 6.95. The van der Waals surface area contributed by atoms with E-state index in [2.05, 4.69) is 28.9 Å². The molecule has 0 radical (unpaired) electrons. The molecular formula is C15H23N3O. The van der Waals surface area contributed by atoms with E-state index in [1.807, 2.05) is 26.0 Å². The minimum absolute atomic E-state index is 0.187. The summed E-state index contributed by atoms with van der Waals surface area (Å²) in [6.07, 6.45) is 1.25. The van der Waals surface area contributed by atoms with Crippen LogP contribution in [0.25, 0.3) is 0 Å². The first-order valence-electron chi connectivity index (χ1n) is 6.95. The molecule has 4 heteroatoms. The Morgan fingerprint density at radius 2 is 2.26 bits per heavy atom. The lowest BCUT2D eigenvalue weighted by Gasteiger charge is -2.26. The second-order valence-electron chi connectivity index (χ2n) is 5.15. The van der Waals surface area contributed by atoms with E-state index in [4.69, 9.17) is 10.5 Å². The number of benzene rings is 1. The third kappa shape index (κ3) is 3.19. The maximum Gasteiger partial charge on any atom is 0.191 e. The highest BCUT2D eigenvalue weighted by Gasteiger charge is 2.26. The van der Waals surface area contributed by atoms with Crippen LogP contribution in [-0.4, -0.2) is 30.1 Å². The third-order valence-corrected chi connectivity index (χ3v) is 3.18. The van der Waals surface area contributed by atoms with E-state index < -0.39 is 0 Å². The van der Waals surface area contributed by atoms with Gasteiger partial charge in [-0.25, -0.2) is 0 Å². The van der Waals surface area contributed by atoms with Crippen LogP contribution in [0.1, 0.15) is 38.8 Å². The molecule has 1 aromatic rings. The Morgan fingerprint density at radius 1 is 1.47 bits per heavy atom. The zero-order valence-electron chi connectivity index (χ0n) is 12.0. The van der Waals surface area contributed by atoms with Crippen LogP contribution in [0, 0.1) is 0 Å². The first-order chi connectivity index (χ1) is 9.11. The second-order valence-corrected chi connectivity index (χ2v) is 5.15. The van der Waals surface area contributed by atoms with Gasteiger partial charge >= 0.3 is 0 Å². The second kappa shape index (κ2) is 5.95. The number of guanidine groups is 1. The SMILES string of the molecule is CCCN1C(N)=NCC1c1cccc(OC(C)C)c1. The van der Waals surface area contributed by atoms with E-state index in [-0.39, 0.29) is 12.1 Å². The summed E-state index contributed by atoms with van der Waals surface area (Å²) in [5.74, 6) is 1.57. The monoisotopic (exact) mass is 261 g/mol. The summed E-state index contributed by atoms with van der Waals surface area (Å²) in [6, 6.07) is 8.49. The van der Waals surface area contributed by atoms with Crippen LogP contribution in [0.3, 0.4) is 0 Å². The molecule has 1 unspecified atom stereocenters. The Hall–Kier alpha value is -1.71. The summed E-state index contributed by atoms with van der Waals surface area (Å²) < 4.78 is 5.75. The zero-order chi connectivity index (χ0) is 13.8. The molecule has 0 saturated heterocycles. The predicted octanol–water partition coefficient (Wildman–Crippen LogP) is 2.56. The Balaban J connectivity index is 2.17. The van der Waals surface area contributed by atoms with Gasteiger partial charge in [-0.2, -0.15) is 0 Å². The number of aliphatic imine (C=N–C) groups is 1. The molecule has 1 aliphatic heterocycles. The smallest absolute Gasteiger partial charge is 0.191 e. The normalized spacial score (nSPS) is 18.8. The lowest BCUT2D eigenvalue weighted by atomic mass is 10.1. The quantitative estimate of drug-likeness (QED) is 0.886. The minimum atomic E-state index is 0.187. The van der Waals surface area contributed by atoms with Gasteiger partial charge in [0.15, 0.2) is 5.96 Å². The average Bonchev–Trinajstić information content (AvgIpc) is 2.71. The molecule has 0 aromatic heterocycles. The summed E-state index contributed by atoms with van der Waals surface area (Å²) in [6.45, 7) is 7.90. The van der Waals surface area contributed by atoms with Crippen LogP contribution in [0.15, 0.2) is 29.3 Å². The lowest BCUT2D eigenvalue weighted by Crippen LogP contribution is -2.36. The molecule has 19 heavy (non-hydrogen) atoms. The van der Waals surface area contributed by atoms with Crippen LogP contribution in [-0.2, 0) is 0 Å². The molecule has 2 N–H and O–H groups in total. The molecule has 0 fully saturated rings. The van der Waals surface area contributed by atoms with Gasteiger partial charge in [0.1, 0.15) is 5.75 Å². The van der Waals surface area contributed by atoms with E-state index in [9.17, 15) is 0 Å². The summed E-state index contributed by atoms with van der Waals surface area (Å²) in [4.78, 5) is 6.54. The predicted molar refractivity (Wildman–Crippen MR) is 78.4 cm³/mol. The Bertz CT molecular complexity index is 456. The molecule has 1 atom stereocenters. The molecular weight excluding hydrogens is 238 g/mol. The van der Waals surface area contributed by atoms with Crippen LogP contribution in [0.5, 0.6) is 5.75 Å². The van der Waals surface area contributed by atoms with Crippen molar-refractivity contribution < 1.29 is 4.74 Å². The van der Waals surface area contributed by atoms with Crippen molar-refractivity contribution in [3.63, 3.8) is 0 Å². The van der Waals surface area contributed by atoms with Gasteiger partial charge in [-0.3, -0.25) is 4.99 Å². The maximum absolute atomic E-state index is 5.96. The molecule has 0 saturated carbocycles. The van der Waals surface area contributed by atoms with Crippen molar-refractivity contribution in [1.82, 2.24) is 4.90 Å². The van der Waals surface area contributed by atoms with Gasteiger partial charge in [0, 0.05) is 6.54 Å². The lowest BCUT2D eigenvalue weighted by molar-refractivity contribution is 0.241. The number of ether oxygens (including phenoxy) is 1. The van der Waals surface area contributed by atoms with Gasteiger partial charge in [0.2, 0.25) is 0 Å². The van der Waals surface area contributed by atoms with Crippen molar-refractivity contribution in [3.05, 3.63) is 29.8 Å².